The molecule has 3 N–H and O–H groups in total. The maximum absolute atomic E-state index is 13.7. The van der Waals surface area contributed by atoms with Crippen LogP contribution in [0.3, 0.4) is 0 Å². The molecule has 0 fully saturated rings. The van der Waals surface area contributed by atoms with Crippen molar-refractivity contribution in [2.45, 2.75) is 13.0 Å². The highest BCUT2D eigenvalue weighted by Crippen LogP contribution is 2.24. The lowest BCUT2D eigenvalue weighted by Gasteiger charge is -2.21. The van der Waals surface area contributed by atoms with Gasteiger partial charge in [0.2, 0.25) is 0 Å². The monoisotopic (exact) mass is 466 g/mol. The molecule has 35 heavy (non-hydrogen) atoms. The van der Waals surface area contributed by atoms with Crippen LogP contribution in [0.5, 0.6) is 0 Å². The summed E-state index contributed by atoms with van der Waals surface area (Å²) in [5.41, 5.74) is 7.39. The molecule has 9 heteroatoms. The fourth-order valence-corrected chi connectivity index (χ4v) is 4.14. The van der Waals surface area contributed by atoms with Crippen molar-refractivity contribution in [2.75, 3.05) is 5.73 Å². The number of hydrogen-bond donors (Lipinski definition) is 2. The molecule has 1 amide bonds. The van der Waals surface area contributed by atoms with Gasteiger partial charge < -0.3 is 11.1 Å². The van der Waals surface area contributed by atoms with Crippen LogP contribution in [0.2, 0.25) is 0 Å². The van der Waals surface area contributed by atoms with Gasteiger partial charge in [0.25, 0.3) is 11.5 Å². The molecule has 2 aromatic carbocycles. The van der Waals surface area contributed by atoms with E-state index in [9.17, 15) is 14.0 Å². The molecule has 0 aliphatic rings. The second kappa shape index (κ2) is 8.43. The number of fused-ring (bicyclic) bond motifs is 2. The van der Waals surface area contributed by atoms with Gasteiger partial charge in [-0.1, -0.05) is 18.1 Å². The minimum Gasteiger partial charge on any atom is -0.381 e. The number of nitrogen functional groups attached to an aromatic ring is 1. The number of anilines is 1. The molecular weight excluding hydrogens is 447 g/mol. The first-order valence-electron chi connectivity index (χ1n) is 10.7. The van der Waals surface area contributed by atoms with Crippen molar-refractivity contribution >= 4 is 28.1 Å². The zero-order valence-electron chi connectivity index (χ0n) is 18.6. The Labute approximate surface area is 198 Å². The number of terminal acetylenes is 1. The second-order valence-electron chi connectivity index (χ2n) is 7.94. The molecule has 5 aromatic rings. The van der Waals surface area contributed by atoms with Crippen LogP contribution in [0.1, 0.15) is 34.6 Å². The van der Waals surface area contributed by atoms with Gasteiger partial charge in [-0.05, 0) is 54.8 Å². The Morgan fingerprint density at radius 1 is 1.20 bits per heavy atom. The third-order valence-electron chi connectivity index (χ3n) is 5.76. The topological polar surface area (TPSA) is 107 Å². The fourth-order valence-electron chi connectivity index (χ4n) is 4.14. The van der Waals surface area contributed by atoms with Crippen LogP contribution in [-0.4, -0.2) is 25.1 Å². The van der Waals surface area contributed by atoms with Gasteiger partial charge in [0.15, 0.2) is 11.5 Å². The number of hydrogen-bond acceptors (Lipinski definition) is 5. The van der Waals surface area contributed by atoms with Crippen LogP contribution >= 0.6 is 0 Å². The Morgan fingerprint density at radius 2 is 1.97 bits per heavy atom. The van der Waals surface area contributed by atoms with Crippen molar-refractivity contribution in [1.82, 2.24) is 24.5 Å². The summed E-state index contributed by atoms with van der Waals surface area (Å²) in [6.45, 7) is 1.74. The Bertz CT molecular complexity index is 1710. The quantitative estimate of drug-likeness (QED) is 0.396. The number of nitrogens with zero attached hydrogens (tertiary/aromatic N) is 4. The van der Waals surface area contributed by atoms with Gasteiger partial charge in [0, 0.05) is 29.3 Å². The summed E-state index contributed by atoms with van der Waals surface area (Å²) in [5.74, 6) is 1.64. The Morgan fingerprint density at radius 3 is 2.71 bits per heavy atom. The number of amides is 1. The number of benzene rings is 2. The number of carbonyl (C=O) groups is 1. The number of pyridine rings is 1. The number of halogens is 1. The molecular formula is C26H19FN6O2. The largest absolute Gasteiger partial charge is 0.381 e. The first kappa shape index (κ1) is 21.9. The summed E-state index contributed by atoms with van der Waals surface area (Å²) in [6.07, 6.45) is 8.81. The van der Waals surface area contributed by atoms with E-state index in [0.717, 1.165) is 0 Å². The zero-order chi connectivity index (χ0) is 24.7. The molecule has 0 radical (unpaired) electrons. The smallest absolute Gasteiger partial charge is 0.264 e. The normalized spacial score (nSPS) is 11.9. The predicted molar refractivity (Wildman–Crippen MR) is 131 cm³/mol. The van der Waals surface area contributed by atoms with Crippen LogP contribution in [0.25, 0.3) is 22.1 Å². The van der Waals surface area contributed by atoms with E-state index in [1.807, 2.05) is 0 Å². The van der Waals surface area contributed by atoms with Gasteiger partial charge in [-0.15, -0.1) is 11.5 Å². The van der Waals surface area contributed by atoms with Crippen LogP contribution in [0.4, 0.5) is 10.2 Å². The second-order valence-corrected chi connectivity index (χ2v) is 7.94. The number of nitrogens with one attached hydrogen (secondary N) is 1. The molecule has 172 valence electrons. The van der Waals surface area contributed by atoms with E-state index >= 15 is 0 Å². The molecule has 0 bridgehead atoms. The molecule has 0 unspecified atom stereocenters. The average molecular weight is 466 g/mol. The van der Waals surface area contributed by atoms with Crippen molar-refractivity contribution in [2.24, 2.45) is 0 Å². The first-order chi connectivity index (χ1) is 16.9. The molecule has 0 saturated heterocycles. The minimum atomic E-state index is -0.655. The summed E-state index contributed by atoms with van der Waals surface area (Å²) < 4.78 is 16.5. The van der Waals surface area contributed by atoms with E-state index in [1.54, 1.807) is 43.5 Å². The highest BCUT2D eigenvalue weighted by Gasteiger charge is 2.24. The third kappa shape index (κ3) is 3.67. The van der Waals surface area contributed by atoms with Gasteiger partial charge in [0.05, 0.1) is 11.4 Å². The Balaban J connectivity index is 1.66. The van der Waals surface area contributed by atoms with Crippen molar-refractivity contribution in [3.05, 3.63) is 100.0 Å². The van der Waals surface area contributed by atoms with Crippen LogP contribution in [-0.2, 0) is 0 Å². The molecule has 3 aromatic heterocycles. The van der Waals surface area contributed by atoms with Crippen LogP contribution in [0.15, 0.2) is 71.8 Å². The molecule has 0 aliphatic carbocycles. The molecule has 0 aliphatic heterocycles. The number of nitrogens with two attached hydrogens (primary N) is 1. The zero-order valence-corrected chi connectivity index (χ0v) is 18.6. The summed E-state index contributed by atoms with van der Waals surface area (Å²) in [6, 6.07) is 13.5. The van der Waals surface area contributed by atoms with E-state index in [-0.39, 0.29) is 16.9 Å². The molecule has 0 spiro atoms. The predicted octanol–water partition coefficient (Wildman–Crippen LogP) is 3.23. The van der Waals surface area contributed by atoms with Gasteiger partial charge in [-0.25, -0.2) is 13.9 Å². The summed E-state index contributed by atoms with van der Waals surface area (Å²) in [4.78, 5) is 31.1. The third-order valence-corrected chi connectivity index (χ3v) is 5.76. The average Bonchev–Trinajstić information content (AvgIpc) is 3.19. The van der Waals surface area contributed by atoms with E-state index in [1.165, 1.54) is 39.5 Å². The van der Waals surface area contributed by atoms with E-state index < -0.39 is 17.8 Å². The molecule has 3 heterocycles. The molecule has 1 atom stereocenters. The number of rotatable bonds is 4. The van der Waals surface area contributed by atoms with Gasteiger partial charge in [0.1, 0.15) is 11.4 Å². The summed E-state index contributed by atoms with van der Waals surface area (Å²) in [7, 11) is 0. The van der Waals surface area contributed by atoms with Gasteiger partial charge in [-0.3, -0.25) is 14.2 Å². The minimum absolute atomic E-state index is 0.0292. The van der Waals surface area contributed by atoms with Gasteiger partial charge in [-0.2, -0.15) is 0 Å². The molecule has 0 saturated carbocycles. The molecule has 8 nitrogen and oxygen atoms in total. The Hall–Kier alpha value is -4.97. The fraction of sp³-hybridized carbons (Fsp3) is 0.0769. The van der Waals surface area contributed by atoms with Crippen molar-refractivity contribution in [3.8, 4) is 18.0 Å². The first-order valence-corrected chi connectivity index (χ1v) is 10.7. The van der Waals surface area contributed by atoms with Crippen molar-refractivity contribution in [3.63, 3.8) is 0 Å². The van der Waals surface area contributed by atoms with Crippen LogP contribution < -0.4 is 16.6 Å². The van der Waals surface area contributed by atoms with Gasteiger partial charge >= 0.3 is 0 Å². The number of carbonyl (C=O) groups excluding carboxylic acids is 1. The highest BCUT2D eigenvalue weighted by molar-refractivity contribution is 6.04. The van der Waals surface area contributed by atoms with E-state index in [0.29, 0.717) is 33.4 Å². The highest BCUT2D eigenvalue weighted by atomic mass is 19.1. The van der Waals surface area contributed by atoms with Crippen molar-refractivity contribution < 1.29 is 9.18 Å². The van der Waals surface area contributed by atoms with Crippen molar-refractivity contribution in [1.29, 1.82) is 0 Å². The van der Waals surface area contributed by atoms with E-state index in [4.69, 9.17) is 12.2 Å². The lowest BCUT2D eigenvalue weighted by molar-refractivity contribution is 0.0941. The standard InChI is InChI=1S/C26H19FN6O2/c1-3-16-6-4-7-17-14-20(33(26(35)21(16)17)19-10-8-18(27)9-11-19)15(2)30-25(34)22-23(28)31-32-13-5-12-29-24(22)32/h1,4-15H,2H3,(H2,28,31)(H,30,34)/t15-/m0/s1. The van der Waals surface area contributed by atoms with E-state index in [2.05, 4.69) is 21.3 Å². The summed E-state index contributed by atoms with van der Waals surface area (Å²) >= 11 is 0. The maximum Gasteiger partial charge on any atom is 0.264 e. The van der Waals surface area contributed by atoms with Crippen LogP contribution in [0, 0.1) is 18.2 Å². The Kier molecular flexibility index (Phi) is 5.26. The lowest BCUT2D eigenvalue weighted by atomic mass is 10.0. The number of aromatic nitrogens is 4. The SMILES string of the molecule is C#Cc1cccc2cc([C@H](C)NC(=O)c3c(N)nn4cccnc34)n(-c3ccc(F)cc3)c(=O)c12. The maximum atomic E-state index is 13.7. The summed E-state index contributed by atoms with van der Waals surface area (Å²) in [5, 5.41) is 7.99. The lowest BCUT2D eigenvalue weighted by Crippen LogP contribution is -2.32. The molecule has 5 rings (SSSR count).